The van der Waals surface area contributed by atoms with Crippen molar-refractivity contribution in [3.63, 3.8) is 0 Å². The maximum Gasteiger partial charge on any atom is 0.451 e. The molecule has 0 bridgehead atoms. The molecule has 7 nitrogen and oxygen atoms in total. The molecule has 1 saturated heterocycles. The summed E-state index contributed by atoms with van der Waals surface area (Å²) in [6, 6.07) is -0.663. The summed E-state index contributed by atoms with van der Waals surface area (Å²) in [6.45, 7) is 6.31. The van der Waals surface area contributed by atoms with Crippen molar-refractivity contribution in [1.82, 2.24) is 24.6 Å². The van der Waals surface area contributed by atoms with Crippen molar-refractivity contribution in [3.8, 4) is 0 Å². The van der Waals surface area contributed by atoms with Crippen molar-refractivity contribution in [2.75, 3.05) is 13.1 Å². The second-order valence-electron chi connectivity index (χ2n) is 7.01. The van der Waals surface area contributed by atoms with Gasteiger partial charge in [-0.2, -0.15) is 13.2 Å². The smallest absolute Gasteiger partial charge is 0.333 e. The molecule has 0 unspecified atom stereocenters. The molecular formula is C14H22F3N5O2. The van der Waals surface area contributed by atoms with Gasteiger partial charge in [0.15, 0.2) is 0 Å². The van der Waals surface area contributed by atoms with Crippen molar-refractivity contribution in [3.05, 3.63) is 16.3 Å². The molecule has 2 heterocycles. The lowest BCUT2D eigenvalue weighted by atomic mass is 10.1. The number of amides is 2. The summed E-state index contributed by atoms with van der Waals surface area (Å²) in [7, 11) is 1.06. The van der Waals surface area contributed by atoms with E-state index < -0.39 is 23.7 Å². The summed E-state index contributed by atoms with van der Waals surface area (Å²) in [4.78, 5) is 25.7. The van der Waals surface area contributed by atoms with Gasteiger partial charge in [0.25, 0.3) is 0 Å². The second kappa shape index (κ2) is 6.14. The van der Waals surface area contributed by atoms with E-state index in [0.29, 0.717) is 30.5 Å². The van der Waals surface area contributed by atoms with Crippen molar-refractivity contribution in [2.45, 2.75) is 51.4 Å². The normalized spacial score (nSPS) is 17.2. The Labute approximate surface area is 137 Å². The third kappa shape index (κ3) is 3.90. The van der Waals surface area contributed by atoms with E-state index in [2.05, 4.69) is 10.4 Å². The minimum Gasteiger partial charge on any atom is -0.333 e. The number of likely N-dealkylation sites (tertiary alicyclic amines) is 1. The average Bonchev–Trinajstić information content (AvgIpc) is 2.73. The largest absolute Gasteiger partial charge is 0.451 e. The third-order valence-corrected chi connectivity index (χ3v) is 3.84. The Morgan fingerprint density at radius 2 is 1.75 bits per heavy atom. The van der Waals surface area contributed by atoms with E-state index in [9.17, 15) is 22.8 Å². The van der Waals surface area contributed by atoms with E-state index in [1.807, 2.05) is 20.8 Å². The lowest BCUT2D eigenvalue weighted by Crippen LogP contribution is -2.51. The average molecular weight is 349 g/mol. The monoisotopic (exact) mass is 349 g/mol. The summed E-state index contributed by atoms with van der Waals surface area (Å²) in [6.07, 6.45) is -3.91. The SMILES string of the molecule is Cn1c(C(F)(F)F)nn(C2CCN(C(=O)NC(C)(C)C)CC2)c1=O. The van der Waals surface area contributed by atoms with Crippen LogP contribution in [0, 0.1) is 0 Å². The van der Waals surface area contributed by atoms with Crippen LogP contribution in [0.2, 0.25) is 0 Å². The van der Waals surface area contributed by atoms with E-state index in [0.717, 1.165) is 11.7 Å². The molecule has 1 aromatic rings. The minimum absolute atomic E-state index is 0.217. The van der Waals surface area contributed by atoms with E-state index in [-0.39, 0.29) is 11.6 Å². The van der Waals surface area contributed by atoms with Crippen LogP contribution in [0.1, 0.15) is 45.5 Å². The molecule has 0 spiro atoms. The Morgan fingerprint density at radius 3 is 2.17 bits per heavy atom. The number of alkyl halides is 3. The fraction of sp³-hybridized carbons (Fsp3) is 0.786. The van der Waals surface area contributed by atoms with Crippen molar-refractivity contribution < 1.29 is 18.0 Å². The highest BCUT2D eigenvalue weighted by atomic mass is 19.4. The van der Waals surface area contributed by atoms with Gasteiger partial charge in [-0.1, -0.05) is 0 Å². The van der Waals surface area contributed by atoms with E-state index >= 15 is 0 Å². The molecule has 1 N–H and O–H groups in total. The van der Waals surface area contributed by atoms with E-state index in [4.69, 9.17) is 0 Å². The third-order valence-electron chi connectivity index (χ3n) is 3.84. The first kappa shape index (κ1) is 18.3. The van der Waals surface area contributed by atoms with Crippen LogP contribution in [0.4, 0.5) is 18.0 Å². The molecule has 0 aliphatic carbocycles. The predicted molar refractivity (Wildman–Crippen MR) is 80.6 cm³/mol. The number of hydrogen-bond donors (Lipinski definition) is 1. The van der Waals surface area contributed by atoms with Crippen molar-refractivity contribution in [1.29, 1.82) is 0 Å². The van der Waals surface area contributed by atoms with Crippen LogP contribution in [0.3, 0.4) is 0 Å². The first-order chi connectivity index (χ1) is 10.9. The number of aromatic nitrogens is 3. The maximum absolute atomic E-state index is 12.8. The molecule has 1 aliphatic heterocycles. The zero-order valence-corrected chi connectivity index (χ0v) is 14.1. The molecule has 2 rings (SSSR count). The lowest BCUT2D eigenvalue weighted by molar-refractivity contribution is -0.147. The topological polar surface area (TPSA) is 72.2 Å². The Bertz CT molecular complexity index is 663. The molecule has 2 amide bonds. The maximum atomic E-state index is 12.8. The van der Waals surface area contributed by atoms with Gasteiger partial charge in [0.2, 0.25) is 5.82 Å². The first-order valence-corrected chi connectivity index (χ1v) is 7.70. The number of halogens is 3. The molecule has 1 aromatic heterocycles. The number of rotatable bonds is 1. The number of carbonyl (C=O) groups is 1. The summed E-state index contributed by atoms with van der Waals surface area (Å²) >= 11 is 0. The highest BCUT2D eigenvalue weighted by molar-refractivity contribution is 5.75. The number of urea groups is 1. The number of carbonyl (C=O) groups excluding carboxylic acids is 1. The molecule has 1 fully saturated rings. The number of nitrogens with one attached hydrogen (secondary N) is 1. The quantitative estimate of drug-likeness (QED) is 0.839. The van der Waals surface area contributed by atoms with Crippen LogP contribution in [-0.2, 0) is 13.2 Å². The Balaban J connectivity index is 2.08. The number of piperidine rings is 1. The van der Waals surface area contributed by atoms with Gasteiger partial charge in [-0.25, -0.2) is 14.3 Å². The van der Waals surface area contributed by atoms with Crippen LogP contribution in [0.15, 0.2) is 4.79 Å². The van der Waals surface area contributed by atoms with Crippen molar-refractivity contribution >= 4 is 6.03 Å². The Kier molecular flexibility index (Phi) is 4.69. The Hall–Kier alpha value is -2.00. The van der Waals surface area contributed by atoms with Gasteiger partial charge in [-0.15, -0.1) is 5.10 Å². The highest BCUT2D eigenvalue weighted by Crippen LogP contribution is 2.28. The van der Waals surface area contributed by atoms with Crippen molar-refractivity contribution in [2.24, 2.45) is 7.05 Å². The Morgan fingerprint density at radius 1 is 1.21 bits per heavy atom. The number of nitrogens with zero attached hydrogens (tertiary/aromatic N) is 4. The summed E-state index contributed by atoms with van der Waals surface area (Å²) in [5.41, 5.74) is -1.16. The van der Waals surface area contributed by atoms with Gasteiger partial charge in [0, 0.05) is 25.7 Å². The lowest BCUT2D eigenvalue weighted by Gasteiger charge is -2.34. The van der Waals surface area contributed by atoms with Gasteiger partial charge in [-0.3, -0.25) is 4.57 Å². The summed E-state index contributed by atoms with van der Waals surface area (Å²) in [5.74, 6) is -1.21. The van der Waals surface area contributed by atoms with E-state index in [1.165, 1.54) is 0 Å². The molecule has 10 heteroatoms. The molecule has 136 valence electrons. The molecule has 0 atom stereocenters. The van der Waals surface area contributed by atoms with Crippen LogP contribution in [-0.4, -0.2) is 43.9 Å². The molecule has 0 aromatic carbocycles. The molecule has 1 aliphatic rings. The van der Waals surface area contributed by atoms with Gasteiger partial charge in [-0.05, 0) is 33.6 Å². The van der Waals surface area contributed by atoms with Crippen LogP contribution in [0.25, 0.3) is 0 Å². The zero-order chi connectivity index (χ0) is 18.3. The fourth-order valence-electron chi connectivity index (χ4n) is 2.65. The van der Waals surface area contributed by atoms with Crippen LogP contribution < -0.4 is 11.0 Å². The zero-order valence-electron chi connectivity index (χ0n) is 14.1. The molecular weight excluding hydrogens is 327 g/mol. The van der Waals surface area contributed by atoms with Gasteiger partial charge >= 0.3 is 17.9 Å². The first-order valence-electron chi connectivity index (χ1n) is 7.70. The van der Waals surface area contributed by atoms with Gasteiger partial charge in [0.1, 0.15) is 0 Å². The second-order valence-corrected chi connectivity index (χ2v) is 7.01. The van der Waals surface area contributed by atoms with Gasteiger partial charge in [0.05, 0.1) is 6.04 Å². The molecule has 24 heavy (non-hydrogen) atoms. The summed E-state index contributed by atoms with van der Waals surface area (Å²) in [5, 5.41) is 6.29. The highest BCUT2D eigenvalue weighted by Gasteiger charge is 2.39. The predicted octanol–water partition coefficient (Wildman–Crippen LogP) is 1.75. The van der Waals surface area contributed by atoms with Crippen LogP contribution >= 0.6 is 0 Å². The fourth-order valence-corrected chi connectivity index (χ4v) is 2.65. The van der Waals surface area contributed by atoms with E-state index in [1.54, 1.807) is 4.90 Å². The summed E-state index contributed by atoms with van der Waals surface area (Å²) < 4.78 is 39.9. The molecule has 0 saturated carbocycles. The van der Waals surface area contributed by atoms with Gasteiger partial charge < -0.3 is 10.2 Å². The standard InChI is InChI=1S/C14H22F3N5O2/c1-13(2,3)18-11(23)21-7-5-9(6-8-21)22-12(24)20(4)10(19-22)14(15,16)17/h9H,5-8H2,1-4H3,(H,18,23). The number of hydrogen-bond acceptors (Lipinski definition) is 3. The minimum atomic E-state index is -4.67. The van der Waals surface area contributed by atoms with Crippen LogP contribution in [0.5, 0.6) is 0 Å². The molecule has 0 radical (unpaired) electrons.